The standard InChI is InChI=1S/C14H18N2S/c1-2-3-4-12-5-7-13(8-6-12)15-9-14-10-17-11-16-14/h5-8,10-11,15H,2-4,9H2,1H3. The number of unbranched alkanes of at least 4 members (excludes halogenated alkanes) is 1. The molecule has 0 spiro atoms. The van der Waals surface area contributed by atoms with Gasteiger partial charge in [-0.3, -0.25) is 0 Å². The Kier molecular flexibility index (Phi) is 4.56. The largest absolute Gasteiger partial charge is 0.379 e. The molecular formula is C14H18N2S. The van der Waals surface area contributed by atoms with Crippen molar-refractivity contribution in [2.75, 3.05) is 5.32 Å². The summed E-state index contributed by atoms with van der Waals surface area (Å²) in [6.45, 7) is 3.03. The van der Waals surface area contributed by atoms with Crippen LogP contribution in [-0.4, -0.2) is 4.98 Å². The van der Waals surface area contributed by atoms with Crippen molar-refractivity contribution in [3.63, 3.8) is 0 Å². The van der Waals surface area contributed by atoms with Crippen LogP contribution in [0.4, 0.5) is 5.69 Å². The third-order valence-corrected chi connectivity index (χ3v) is 3.37. The molecule has 0 saturated carbocycles. The van der Waals surface area contributed by atoms with E-state index in [2.05, 4.69) is 46.9 Å². The molecule has 1 aromatic heterocycles. The highest BCUT2D eigenvalue weighted by molar-refractivity contribution is 7.07. The second-order valence-corrected chi connectivity index (χ2v) is 4.85. The maximum atomic E-state index is 4.25. The van der Waals surface area contributed by atoms with E-state index in [9.17, 15) is 0 Å². The molecule has 2 aromatic rings. The van der Waals surface area contributed by atoms with Crippen molar-refractivity contribution in [2.24, 2.45) is 0 Å². The molecule has 3 heteroatoms. The summed E-state index contributed by atoms with van der Waals surface area (Å²) in [5.74, 6) is 0. The molecule has 90 valence electrons. The Labute approximate surface area is 107 Å². The molecule has 1 N–H and O–H groups in total. The highest BCUT2D eigenvalue weighted by Crippen LogP contribution is 2.13. The van der Waals surface area contributed by atoms with Crippen molar-refractivity contribution in [1.29, 1.82) is 0 Å². The normalized spacial score (nSPS) is 10.4. The van der Waals surface area contributed by atoms with Gasteiger partial charge in [-0.25, -0.2) is 4.98 Å². The maximum absolute atomic E-state index is 4.25. The molecule has 2 rings (SSSR count). The molecule has 1 aromatic carbocycles. The SMILES string of the molecule is CCCCc1ccc(NCc2cscn2)cc1. The number of hydrogen-bond acceptors (Lipinski definition) is 3. The van der Waals surface area contributed by atoms with Crippen LogP contribution in [0, 0.1) is 0 Å². The molecule has 0 aliphatic carbocycles. The van der Waals surface area contributed by atoms with Gasteiger partial charge in [0.25, 0.3) is 0 Å². The first kappa shape index (κ1) is 12.1. The van der Waals surface area contributed by atoms with Crippen LogP contribution in [0.3, 0.4) is 0 Å². The second-order valence-electron chi connectivity index (χ2n) is 4.13. The fourth-order valence-electron chi connectivity index (χ4n) is 1.69. The molecular weight excluding hydrogens is 228 g/mol. The van der Waals surface area contributed by atoms with Crippen molar-refractivity contribution in [3.8, 4) is 0 Å². The Morgan fingerprint density at radius 2 is 2.06 bits per heavy atom. The number of thiazole rings is 1. The summed E-state index contributed by atoms with van der Waals surface area (Å²) >= 11 is 1.64. The van der Waals surface area contributed by atoms with Crippen LogP contribution in [-0.2, 0) is 13.0 Å². The van der Waals surface area contributed by atoms with Gasteiger partial charge in [-0.2, -0.15) is 0 Å². The molecule has 0 fully saturated rings. The van der Waals surface area contributed by atoms with Crippen LogP contribution in [0.2, 0.25) is 0 Å². The number of aryl methyl sites for hydroxylation is 1. The molecule has 0 bridgehead atoms. The van der Waals surface area contributed by atoms with Crippen molar-refractivity contribution >= 4 is 17.0 Å². The van der Waals surface area contributed by atoms with Gasteiger partial charge in [0.15, 0.2) is 0 Å². The van der Waals surface area contributed by atoms with Gasteiger partial charge >= 0.3 is 0 Å². The minimum absolute atomic E-state index is 0.803. The van der Waals surface area contributed by atoms with Crippen LogP contribution in [0.1, 0.15) is 31.0 Å². The van der Waals surface area contributed by atoms with Gasteiger partial charge in [0.2, 0.25) is 0 Å². The first-order chi connectivity index (χ1) is 8.38. The molecule has 2 nitrogen and oxygen atoms in total. The number of anilines is 1. The van der Waals surface area contributed by atoms with Gasteiger partial charge in [0.05, 0.1) is 17.7 Å². The minimum Gasteiger partial charge on any atom is -0.379 e. The number of nitrogens with zero attached hydrogens (tertiary/aromatic N) is 1. The number of rotatable bonds is 6. The summed E-state index contributed by atoms with van der Waals surface area (Å²) in [6.07, 6.45) is 3.71. The Morgan fingerprint density at radius 3 is 2.71 bits per heavy atom. The molecule has 0 saturated heterocycles. The van der Waals surface area contributed by atoms with E-state index in [0.29, 0.717) is 0 Å². The smallest absolute Gasteiger partial charge is 0.0795 e. The van der Waals surface area contributed by atoms with Crippen molar-refractivity contribution in [3.05, 3.63) is 46.4 Å². The zero-order chi connectivity index (χ0) is 11.9. The molecule has 0 aliphatic rings. The predicted molar refractivity (Wildman–Crippen MR) is 74.5 cm³/mol. The third kappa shape index (κ3) is 3.86. The number of aromatic nitrogens is 1. The second kappa shape index (κ2) is 6.40. The molecule has 17 heavy (non-hydrogen) atoms. The topological polar surface area (TPSA) is 24.9 Å². The molecule has 0 radical (unpaired) electrons. The monoisotopic (exact) mass is 246 g/mol. The summed E-state index contributed by atoms with van der Waals surface area (Å²) < 4.78 is 0. The predicted octanol–water partition coefficient (Wildman–Crippen LogP) is 4.10. The van der Waals surface area contributed by atoms with Gasteiger partial charge in [0, 0.05) is 11.1 Å². The fraction of sp³-hybridized carbons (Fsp3) is 0.357. The van der Waals surface area contributed by atoms with E-state index in [1.54, 1.807) is 11.3 Å². The highest BCUT2D eigenvalue weighted by Gasteiger charge is 1.96. The first-order valence-corrected chi connectivity index (χ1v) is 7.02. The van der Waals surface area contributed by atoms with Crippen molar-refractivity contribution < 1.29 is 0 Å². The van der Waals surface area contributed by atoms with Crippen LogP contribution in [0.5, 0.6) is 0 Å². The van der Waals surface area contributed by atoms with Crippen molar-refractivity contribution in [1.82, 2.24) is 4.98 Å². The maximum Gasteiger partial charge on any atom is 0.0795 e. The Hall–Kier alpha value is -1.35. The first-order valence-electron chi connectivity index (χ1n) is 6.08. The van der Waals surface area contributed by atoms with Crippen LogP contribution in [0.25, 0.3) is 0 Å². The van der Waals surface area contributed by atoms with E-state index in [-0.39, 0.29) is 0 Å². The number of nitrogens with one attached hydrogen (secondary N) is 1. The summed E-state index contributed by atoms with van der Waals surface area (Å²) in [6, 6.07) is 8.72. The average Bonchev–Trinajstić information content (AvgIpc) is 2.88. The minimum atomic E-state index is 0.803. The van der Waals surface area contributed by atoms with E-state index >= 15 is 0 Å². The summed E-state index contributed by atoms with van der Waals surface area (Å²) in [5, 5.41) is 5.45. The lowest BCUT2D eigenvalue weighted by atomic mass is 10.1. The lowest BCUT2D eigenvalue weighted by Crippen LogP contribution is -1.99. The summed E-state index contributed by atoms with van der Waals surface area (Å²) in [4.78, 5) is 4.25. The third-order valence-electron chi connectivity index (χ3n) is 2.73. The Balaban J connectivity index is 1.85. The van der Waals surface area contributed by atoms with E-state index in [4.69, 9.17) is 0 Å². The van der Waals surface area contributed by atoms with Crippen LogP contribution in [0.15, 0.2) is 35.2 Å². The number of hydrogen-bond donors (Lipinski definition) is 1. The van der Waals surface area contributed by atoms with E-state index in [1.807, 2.05) is 5.51 Å². The van der Waals surface area contributed by atoms with Gasteiger partial charge < -0.3 is 5.32 Å². The quantitative estimate of drug-likeness (QED) is 0.830. The Morgan fingerprint density at radius 1 is 1.24 bits per heavy atom. The van der Waals surface area contributed by atoms with Gasteiger partial charge in [-0.05, 0) is 30.5 Å². The summed E-state index contributed by atoms with van der Waals surface area (Å²) in [5.41, 5.74) is 5.56. The number of benzene rings is 1. The molecule has 0 amide bonds. The van der Waals surface area contributed by atoms with E-state index < -0.39 is 0 Å². The Bertz CT molecular complexity index is 420. The molecule has 0 aliphatic heterocycles. The average molecular weight is 246 g/mol. The van der Waals surface area contributed by atoms with Crippen LogP contribution < -0.4 is 5.32 Å². The lowest BCUT2D eigenvalue weighted by molar-refractivity contribution is 0.795. The van der Waals surface area contributed by atoms with Gasteiger partial charge in [-0.15, -0.1) is 11.3 Å². The fourth-order valence-corrected chi connectivity index (χ4v) is 2.25. The molecule has 0 unspecified atom stereocenters. The van der Waals surface area contributed by atoms with Gasteiger partial charge in [-0.1, -0.05) is 25.5 Å². The molecule has 0 atom stereocenters. The van der Waals surface area contributed by atoms with E-state index in [0.717, 1.165) is 12.2 Å². The highest BCUT2D eigenvalue weighted by atomic mass is 32.1. The molecule has 1 heterocycles. The zero-order valence-corrected chi connectivity index (χ0v) is 11.0. The summed E-state index contributed by atoms with van der Waals surface area (Å²) in [7, 11) is 0. The van der Waals surface area contributed by atoms with E-state index in [1.165, 1.54) is 30.5 Å². The van der Waals surface area contributed by atoms with Crippen molar-refractivity contribution in [2.45, 2.75) is 32.7 Å². The van der Waals surface area contributed by atoms with Crippen LogP contribution >= 0.6 is 11.3 Å². The van der Waals surface area contributed by atoms with Gasteiger partial charge in [0.1, 0.15) is 0 Å². The zero-order valence-electron chi connectivity index (χ0n) is 10.1. The lowest BCUT2D eigenvalue weighted by Gasteiger charge is -2.06.